The van der Waals surface area contributed by atoms with Gasteiger partial charge in [-0.25, -0.2) is 4.39 Å². The van der Waals surface area contributed by atoms with Crippen LogP contribution in [-0.2, 0) is 19.1 Å². The number of amides is 2. The van der Waals surface area contributed by atoms with Gasteiger partial charge in [0, 0.05) is 12.1 Å². The molecule has 1 aromatic carbocycles. The third-order valence-electron chi connectivity index (χ3n) is 8.67. The maximum absolute atomic E-state index is 14.9. The molecule has 4 heterocycles. The summed E-state index contributed by atoms with van der Waals surface area (Å²) in [6.45, 7) is 1.69. The van der Waals surface area contributed by atoms with Crippen molar-refractivity contribution < 1.29 is 28.2 Å². The van der Waals surface area contributed by atoms with Gasteiger partial charge in [0.1, 0.15) is 24.8 Å². The number of hydrogen-bond donors (Lipinski definition) is 1. The van der Waals surface area contributed by atoms with E-state index in [2.05, 4.69) is 5.32 Å². The van der Waals surface area contributed by atoms with Crippen LogP contribution >= 0.6 is 0 Å². The van der Waals surface area contributed by atoms with Crippen LogP contribution < -0.4 is 10.1 Å². The Kier molecular flexibility index (Phi) is 5.56. The minimum atomic E-state index is -0.621. The molecular formula is C26H33FN2O5. The standard InChI is InChI=1S/C26H33FN2O5/c27-19-3-1-4-20-23(19)17-5-7-18(8-6-17)33-13-21-26(16-32-14-22(30)28-26)9-2-12-29(21)24(31)25(10-11-25)15-34-20/h1,3-4,17-18,21H,2,5-16H2,(H,28,30). The molecule has 2 spiro atoms. The van der Waals surface area contributed by atoms with E-state index in [0.717, 1.165) is 51.4 Å². The van der Waals surface area contributed by atoms with Gasteiger partial charge in [-0.1, -0.05) is 6.07 Å². The summed E-state index contributed by atoms with van der Waals surface area (Å²) in [6, 6.07) is 4.75. The van der Waals surface area contributed by atoms with Crippen LogP contribution in [0.5, 0.6) is 5.75 Å². The highest BCUT2D eigenvalue weighted by Gasteiger charge is 2.57. The molecule has 2 atom stereocenters. The van der Waals surface area contributed by atoms with Crippen LogP contribution in [0.4, 0.5) is 4.39 Å². The number of nitrogens with zero attached hydrogens (tertiary/aromatic N) is 1. The Morgan fingerprint density at radius 2 is 1.88 bits per heavy atom. The molecule has 2 aliphatic carbocycles. The zero-order chi connectivity index (χ0) is 23.3. The number of nitrogens with one attached hydrogen (secondary N) is 1. The van der Waals surface area contributed by atoms with Crippen LogP contribution in [0.3, 0.4) is 0 Å². The van der Waals surface area contributed by atoms with Gasteiger partial charge in [-0.15, -0.1) is 0 Å². The van der Waals surface area contributed by atoms with Crippen molar-refractivity contribution in [2.75, 3.05) is 33.0 Å². The summed E-state index contributed by atoms with van der Waals surface area (Å²) in [5.74, 6) is 0.355. The summed E-state index contributed by atoms with van der Waals surface area (Å²) in [5.41, 5.74) is -0.564. The number of piperidine rings is 1. The molecule has 4 aliphatic heterocycles. The molecule has 7 nitrogen and oxygen atoms in total. The van der Waals surface area contributed by atoms with Crippen molar-refractivity contribution in [3.8, 4) is 5.75 Å². The van der Waals surface area contributed by atoms with Gasteiger partial charge in [0.25, 0.3) is 0 Å². The third-order valence-corrected chi connectivity index (χ3v) is 8.67. The van der Waals surface area contributed by atoms with E-state index in [4.69, 9.17) is 14.2 Å². The molecule has 2 amide bonds. The largest absolute Gasteiger partial charge is 0.492 e. The van der Waals surface area contributed by atoms with Gasteiger partial charge >= 0.3 is 0 Å². The van der Waals surface area contributed by atoms with E-state index in [1.165, 1.54) is 6.07 Å². The number of halogens is 1. The van der Waals surface area contributed by atoms with Crippen molar-refractivity contribution in [3.63, 3.8) is 0 Å². The predicted molar refractivity (Wildman–Crippen MR) is 121 cm³/mol. The Labute approximate surface area is 199 Å². The molecule has 8 heteroatoms. The molecule has 4 fully saturated rings. The molecule has 1 N–H and O–H groups in total. The summed E-state index contributed by atoms with van der Waals surface area (Å²) in [5, 5.41) is 3.18. The smallest absolute Gasteiger partial charge is 0.246 e. The van der Waals surface area contributed by atoms with Crippen molar-refractivity contribution in [1.82, 2.24) is 10.2 Å². The lowest BCUT2D eigenvalue weighted by molar-refractivity contribution is -0.159. The molecule has 6 aliphatic rings. The van der Waals surface area contributed by atoms with Gasteiger partial charge in [-0.3, -0.25) is 9.59 Å². The molecule has 2 unspecified atom stereocenters. The molecule has 2 bridgehead atoms. The highest BCUT2D eigenvalue weighted by atomic mass is 19.1. The molecule has 7 rings (SSSR count). The number of carbonyl (C=O) groups is 2. The second kappa shape index (κ2) is 8.48. The Balaban J connectivity index is 1.35. The van der Waals surface area contributed by atoms with E-state index in [1.54, 1.807) is 6.07 Å². The minimum Gasteiger partial charge on any atom is -0.492 e. The number of morpholine rings is 1. The quantitative estimate of drug-likeness (QED) is 0.628. The van der Waals surface area contributed by atoms with Crippen LogP contribution in [0, 0.1) is 11.2 Å². The molecule has 2 saturated carbocycles. The van der Waals surface area contributed by atoms with E-state index >= 15 is 0 Å². The molecule has 1 aromatic rings. The van der Waals surface area contributed by atoms with Gasteiger partial charge in [-0.05, 0) is 69.4 Å². The van der Waals surface area contributed by atoms with Crippen molar-refractivity contribution in [1.29, 1.82) is 0 Å². The van der Waals surface area contributed by atoms with Crippen molar-refractivity contribution >= 4 is 11.8 Å². The molecule has 0 aromatic heterocycles. The van der Waals surface area contributed by atoms with E-state index in [0.29, 0.717) is 31.1 Å². The lowest BCUT2D eigenvalue weighted by Gasteiger charge is -2.52. The number of hydrogen-bond acceptors (Lipinski definition) is 5. The third kappa shape index (κ3) is 3.79. The number of ether oxygens (including phenoxy) is 3. The Morgan fingerprint density at radius 3 is 2.65 bits per heavy atom. The highest BCUT2D eigenvalue weighted by molar-refractivity contribution is 5.86. The fourth-order valence-electron chi connectivity index (χ4n) is 6.54. The average Bonchev–Trinajstić information content (AvgIpc) is 3.63. The van der Waals surface area contributed by atoms with Crippen molar-refractivity contribution in [3.05, 3.63) is 29.6 Å². The van der Waals surface area contributed by atoms with Crippen molar-refractivity contribution in [2.24, 2.45) is 5.41 Å². The fourth-order valence-corrected chi connectivity index (χ4v) is 6.54. The molecule has 184 valence electrons. The monoisotopic (exact) mass is 472 g/mol. The van der Waals surface area contributed by atoms with Gasteiger partial charge < -0.3 is 24.4 Å². The summed E-state index contributed by atoms with van der Waals surface area (Å²) < 4.78 is 33.3. The van der Waals surface area contributed by atoms with Gasteiger partial charge in [-0.2, -0.15) is 0 Å². The maximum Gasteiger partial charge on any atom is 0.246 e. The molecule has 2 saturated heterocycles. The van der Waals surface area contributed by atoms with Gasteiger partial charge in [0.05, 0.1) is 36.3 Å². The van der Waals surface area contributed by atoms with Crippen LogP contribution in [0.15, 0.2) is 18.2 Å². The summed E-state index contributed by atoms with van der Waals surface area (Å²) in [7, 11) is 0. The first-order valence-corrected chi connectivity index (χ1v) is 12.7. The summed E-state index contributed by atoms with van der Waals surface area (Å²) >= 11 is 0. The Morgan fingerprint density at radius 1 is 1.06 bits per heavy atom. The first kappa shape index (κ1) is 22.3. The van der Waals surface area contributed by atoms with Gasteiger partial charge in [0.15, 0.2) is 0 Å². The van der Waals surface area contributed by atoms with E-state index in [9.17, 15) is 14.0 Å². The Hall–Kier alpha value is -2.19. The molecule has 0 radical (unpaired) electrons. The highest BCUT2D eigenvalue weighted by Crippen LogP contribution is 2.50. The topological polar surface area (TPSA) is 77.1 Å². The first-order valence-electron chi connectivity index (χ1n) is 12.7. The normalized spacial score (nSPS) is 35.2. The van der Waals surface area contributed by atoms with E-state index < -0.39 is 11.0 Å². The summed E-state index contributed by atoms with van der Waals surface area (Å²) in [6.07, 6.45) is 6.46. The zero-order valence-corrected chi connectivity index (χ0v) is 19.5. The lowest BCUT2D eigenvalue weighted by atomic mass is 9.79. The number of fused-ring (bicyclic) bond motifs is 4. The number of rotatable bonds is 0. The Bertz CT molecular complexity index is 970. The lowest BCUT2D eigenvalue weighted by Crippen LogP contribution is -2.72. The van der Waals surface area contributed by atoms with Gasteiger partial charge in [0.2, 0.25) is 11.8 Å². The second-order valence-electron chi connectivity index (χ2n) is 10.8. The fraction of sp³-hybridized carbons (Fsp3) is 0.692. The van der Waals surface area contributed by atoms with Crippen LogP contribution in [0.2, 0.25) is 0 Å². The van der Waals surface area contributed by atoms with E-state index in [-0.39, 0.29) is 48.9 Å². The SMILES string of the molecule is O=C1COCC2(CCCN3C(=O)C4(CC4)COc4cccc(F)c4C4CCC(CC4)OCC32)N1. The molecule has 34 heavy (non-hydrogen) atoms. The van der Waals surface area contributed by atoms with Crippen molar-refractivity contribution in [2.45, 2.75) is 75.0 Å². The predicted octanol–water partition coefficient (Wildman–Crippen LogP) is 2.92. The molecular weight excluding hydrogens is 439 g/mol. The number of benzene rings is 1. The number of carbonyl (C=O) groups excluding carboxylic acids is 2. The minimum absolute atomic E-state index is 0.0557. The van der Waals surface area contributed by atoms with Crippen LogP contribution in [-0.4, -0.2) is 67.4 Å². The zero-order valence-electron chi connectivity index (χ0n) is 19.5. The average molecular weight is 473 g/mol. The first-order chi connectivity index (χ1) is 16.5. The van der Waals surface area contributed by atoms with Crippen LogP contribution in [0.1, 0.15) is 62.8 Å². The maximum atomic E-state index is 14.9. The summed E-state index contributed by atoms with van der Waals surface area (Å²) in [4.78, 5) is 28.2. The second-order valence-corrected chi connectivity index (χ2v) is 10.8. The van der Waals surface area contributed by atoms with Crippen LogP contribution in [0.25, 0.3) is 0 Å². The van der Waals surface area contributed by atoms with E-state index in [1.807, 2.05) is 11.0 Å².